The molecule has 102 valence electrons. The van der Waals surface area contributed by atoms with Crippen LogP contribution in [-0.4, -0.2) is 11.0 Å². The highest BCUT2D eigenvalue weighted by Gasteiger charge is 2.05. The molecule has 2 rings (SSSR count). The quantitative estimate of drug-likeness (QED) is 0.441. The number of rotatable bonds is 5. The number of benzene rings is 2. The number of aliphatic hydroxyl groups excluding tert-OH is 1. The summed E-state index contributed by atoms with van der Waals surface area (Å²) in [6.07, 6.45) is 2.16. The van der Waals surface area contributed by atoms with Gasteiger partial charge in [-0.25, -0.2) is 5.43 Å². The van der Waals surface area contributed by atoms with Gasteiger partial charge in [-0.3, -0.25) is 10.2 Å². The monoisotopic (exact) mass is 268 g/mol. The van der Waals surface area contributed by atoms with E-state index in [4.69, 9.17) is 0 Å². The van der Waals surface area contributed by atoms with Crippen molar-refractivity contribution >= 4 is 12.0 Å². The van der Waals surface area contributed by atoms with Crippen LogP contribution in [0.3, 0.4) is 0 Å². The molecule has 0 radical (unpaired) electrons. The number of hydrogen-bond donors (Lipinski definition) is 3. The molecular formula is C16H16N2O2. The van der Waals surface area contributed by atoms with E-state index in [0.717, 1.165) is 5.56 Å². The molecule has 2 aromatic rings. The highest BCUT2D eigenvalue weighted by atomic mass is 16.3. The molecule has 0 aliphatic rings. The maximum Gasteiger partial charge on any atom is 0.258 e. The Morgan fingerprint density at radius 2 is 1.60 bits per heavy atom. The van der Waals surface area contributed by atoms with E-state index < -0.39 is 6.23 Å². The van der Waals surface area contributed by atoms with Crippen molar-refractivity contribution in [3.05, 3.63) is 77.9 Å². The largest absolute Gasteiger partial charge is 0.373 e. The second-order valence-electron chi connectivity index (χ2n) is 4.19. The number of hydrogen-bond acceptors (Lipinski definition) is 3. The lowest BCUT2D eigenvalue weighted by Crippen LogP contribution is -2.39. The van der Waals surface area contributed by atoms with E-state index >= 15 is 0 Å². The molecule has 4 nitrogen and oxygen atoms in total. The van der Waals surface area contributed by atoms with Crippen LogP contribution >= 0.6 is 0 Å². The predicted octanol–water partition coefficient (Wildman–Crippen LogP) is 2.01. The summed E-state index contributed by atoms with van der Waals surface area (Å²) in [7, 11) is 0. The Morgan fingerprint density at radius 3 is 2.25 bits per heavy atom. The van der Waals surface area contributed by atoms with Crippen molar-refractivity contribution in [2.24, 2.45) is 0 Å². The Bertz CT molecular complexity index is 568. The third-order valence-electron chi connectivity index (χ3n) is 2.67. The van der Waals surface area contributed by atoms with Crippen molar-refractivity contribution < 1.29 is 9.90 Å². The highest BCUT2D eigenvalue weighted by molar-refractivity contribution is 5.91. The van der Waals surface area contributed by atoms with Crippen LogP contribution in [0.2, 0.25) is 0 Å². The van der Waals surface area contributed by atoms with Gasteiger partial charge in [0.25, 0.3) is 5.91 Å². The third kappa shape index (κ3) is 4.35. The minimum atomic E-state index is -0.940. The smallest absolute Gasteiger partial charge is 0.258 e. The Labute approximate surface area is 117 Å². The fraction of sp³-hybridized carbons (Fsp3) is 0.0625. The summed E-state index contributed by atoms with van der Waals surface area (Å²) in [6.45, 7) is 0. The van der Waals surface area contributed by atoms with E-state index in [1.54, 1.807) is 18.2 Å². The first-order valence-corrected chi connectivity index (χ1v) is 6.27. The molecule has 0 aromatic heterocycles. The fourth-order valence-electron chi connectivity index (χ4n) is 1.64. The lowest BCUT2D eigenvalue weighted by Gasteiger charge is -2.12. The third-order valence-corrected chi connectivity index (χ3v) is 2.67. The molecule has 0 aliphatic heterocycles. The minimum Gasteiger partial charge on any atom is -0.373 e. The number of amides is 1. The maximum atomic E-state index is 11.6. The Hall–Kier alpha value is -2.43. The van der Waals surface area contributed by atoms with E-state index in [9.17, 15) is 9.90 Å². The summed E-state index contributed by atoms with van der Waals surface area (Å²) in [5.41, 5.74) is 6.58. The first kappa shape index (κ1) is 14.0. The van der Waals surface area contributed by atoms with Gasteiger partial charge in [-0.1, -0.05) is 60.7 Å². The van der Waals surface area contributed by atoms with Gasteiger partial charge < -0.3 is 5.11 Å². The van der Waals surface area contributed by atoms with Crippen molar-refractivity contribution in [1.29, 1.82) is 0 Å². The first-order chi connectivity index (χ1) is 9.75. The van der Waals surface area contributed by atoms with Crippen LogP contribution in [0.15, 0.2) is 66.7 Å². The van der Waals surface area contributed by atoms with Crippen molar-refractivity contribution in [3.63, 3.8) is 0 Å². The van der Waals surface area contributed by atoms with Gasteiger partial charge in [0.2, 0.25) is 0 Å². The molecule has 1 atom stereocenters. The lowest BCUT2D eigenvalue weighted by molar-refractivity contribution is -0.118. The van der Waals surface area contributed by atoms with Gasteiger partial charge >= 0.3 is 0 Å². The van der Waals surface area contributed by atoms with Gasteiger partial charge in [-0.15, -0.1) is 0 Å². The summed E-state index contributed by atoms with van der Waals surface area (Å²) in [5.74, 6) is -0.330. The maximum absolute atomic E-state index is 11.6. The molecular weight excluding hydrogens is 252 g/mol. The van der Waals surface area contributed by atoms with Crippen molar-refractivity contribution in [2.75, 3.05) is 0 Å². The predicted molar refractivity (Wildman–Crippen MR) is 78.2 cm³/mol. The molecule has 3 N–H and O–H groups in total. The van der Waals surface area contributed by atoms with Crippen molar-refractivity contribution in [1.82, 2.24) is 10.9 Å². The second-order valence-corrected chi connectivity index (χ2v) is 4.19. The van der Waals surface area contributed by atoms with Crippen LogP contribution in [0.4, 0.5) is 0 Å². The molecule has 4 heteroatoms. The summed E-state index contributed by atoms with van der Waals surface area (Å²) < 4.78 is 0. The number of carbonyl (C=O) groups excluding carboxylic acids is 1. The molecule has 1 unspecified atom stereocenters. The van der Waals surface area contributed by atoms with Gasteiger partial charge in [0, 0.05) is 6.08 Å². The van der Waals surface area contributed by atoms with Gasteiger partial charge in [-0.05, 0) is 17.2 Å². The summed E-state index contributed by atoms with van der Waals surface area (Å²) in [5, 5.41) is 9.80. The molecule has 2 aromatic carbocycles. The average Bonchev–Trinajstić information content (AvgIpc) is 2.52. The Kier molecular flexibility index (Phi) is 5.06. The standard InChI is InChI=1S/C16H16N2O2/c19-15(12-11-13-7-3-1-4-8-13)17-18-16(20)14-9-5-2-6-10-14/h1-12,16,18,20H,(H,17,19)/b12-11+. The van der Waals surface area contributed by atoms with E-state index in [1.807, 2.05) is 48.5 Å². The SMILES string of the molecule is O=C(/C=C/c1ccccc1)NNC(O)c1ccccc1. The summed E-state index contributed by atoms with van der Waals surface area (Å²) in [6, 6.07) is 18.5. The van der Waals surface area contributed by atoms with Crippen molar-refractivity contribution in [2.45, 2.75) is 6.23 Å². The molecule has 0 spiro atoms. The van der Waals surface area contributed by atoms with Crippen LogP contribution in [0.25, 0.3) is 6.08 Å². The summed E-state index contributed by atoms with van der Waals surface area (Å²) >= 11 is 0. The van der Waals surface area contributed by atoms with E-state index in [1.165, 1.54) is 6.08 Å². The number of carbonyl (C=O) groups is 1. The molecule has 0 saturated heterocycles. The number of aliphatic hydroxyl groups is 1. The molecule has 0 heterocycles. The lowest BCUT2D eigenvalue weighted by atomic mass is 10.2. The Balaban J connectivity index is 1.82. The van der Waals surface area contributed by atoms with Crippen LogP contribution in [-0.2, 0) is 4.79 Å². The van der Waals surface area contributed by atoms with Crippen molar-refractivity contribution in [3.8, 4) is 0 Å². The first-order valence-electron chi connectivity index (χ1n) is 6.27. The van der Waals surface area contributed by atoms with E-state index in [-0.39, 0.29) is 5.91 Å². The summed E-state index contributed by atoms with van der Waals surface area (Å²) in [4.78, 5) is 11.6. The van der Waals surface area contributed by atoms with E-state index in [2.05, 4.69) is 10.9 Å². The number of nitrogens with one attached hydrogen (secondary N) is 2. The molecule has 20 heavy (non-hydrogen) atoms. The number of hydrazine groups is 1. The molecule has 0 aliphatic carbocycles. The topological polar surface area (TPSA) is 61.4 Å². The zero-order valence-corrected chi connectivity index (χ0v) is 10.9. The van der Waals surface area contributed by atoms with Crippen LogP contribution in [0, 0.1) is 0 Å². The zero-order chi connectivity index (χ0) is 14.2. The zero-order valence-electron chi connectivity index (χ0n) is 10.9. The van der Waals surface area contributed by atoms with Crippen LogP contribution < -0.4 is 10.9 Å². The second kappa shape index (κ2) is 7.23. The van der Waals surface area contributed by atoms with Gasteiger partial charge in [0.1, 0.15) is 6.23 Å². The van der Waals surface area contributed by atoms with Gasteiger partial charge in [0.15, 0.2) is 0 Å². The molecule has 0 bridgehead atoms. The highest BCUT2D eigenvalue weighted by Crippen LogP contribution is 2.07. The Morgan fingerprint density at radius 1 is 1.00 bits per heavy atom. The van der Waals surface area contributed by atoms with Gasteiger partial charge in [-0.2, -0.15) is 0 Å². The van der Waals surface area contributed by atoms with Gasteiger partial charge in [0.05, 0.1) is 0 Å². The molecule has 0 saturated carbocycles. The van der Waals surface area contributed by atoms with Crippen LogP contribution in [0.1, 0.15) is 17.4 Å². The minimum absolute atomic E-state index is 0.330. The normalized spacial score (nSPS) is 12.2. The average molecular weight is 268 g/mol. The molecule has 1 amide bonds. The van der Waals surface area contributed by atoms with Crippen LogP contribution in [0.5, 0.6) is 0 Å². The molecule has 0 fully saturated rings. The fourth-order valence-corrected chi connectivity index (χ4v) is 1.64. The van der Waals surface area contributed by atoms with E-state index in [0.29, 0.717) is 5.56 Å².